The van der Waals surface area contributed by atoms with Gasteiger partial charge in [0.05, 0.1) is 16.1 Å². The zero-order valence-corrected chi connectivity index (χ0v) is 11.1. The van der Waals surface area contributed by atoms with Gasteiger partial charge in [-0.15, -0.1) is 11.3 Å². The Kier molecular flexibility index (Phi) is 6.31. The number of nitrogens with zero attached hydrogens (tertiary/aromatic N) is 1. The number of carbonyl (C=O) groups is 1. The number of carbonyl (C=O) groups excluding carboxylic acids is 1. The van der Waals surface area contributed by atoms with Gasteiger partial charge in [0.25, 0.3) is 0 Å². The van der Waals surface area contributed by atoms with Crippen molar-refractivity contribution in [3.8, 4) is 0 Å². The third-order valence-corrected chi connectivity index (χ3v) is 3.73. The number of aryl methyl sites for hydroxylation is 1. The summed E-state index contributed by atoms with van der Waals surface area (Å²) in [5, 5.41) is 0. The van der Waals surface area contributed by atoms with E-state index in [4.69, 9.17) is 0 Å². The van der Waals surface area contributed by atoms with Crippen LogP contribution in [0.3, 0.4) is 0 Å². The quantitative estimate of drug-likeness (QED) is 0.497. The molecule has 2 nitrogen and oxygen atoms in total. The fourth-order valence-corrected chi connectivity index (χ4v) is 2.52. The van der Waals surface area contributed by atoms with E-state index in [0.717, 1.165) is 17.0 Å². The van der Waals surface area contributed by atoms with Gasteiger partial charge in [-0.2, -0.15) is 0 Å². The highest BCUT2D eigenvalue weighted by molar-refractivity contribution is 7.11. The van der Waals surface area contributed by atoms with Crippen LogP contribution >= 0.6 is 11.3 Å². The Morgan fingerprint density at radius 1 is 1.25 bits per heavy atom. The van der Waals surface area contributed by atoms with E-state index in [0.29, 0.717) is 6.42 Å². The smallest absolute Gasteiger partial charge is 0.174 e. The second-order valence-corrected chi connectivity index (χ2v) is 5.06. The van der Waals surface area contributed by atoms with E-state index in [9.17, 15) is 4.79 Å². The predicted molar refractivity (Wildman–Crippen MR) is 69.2 cm³/mol. The Balaban J connectivity index is 2.14. The number of rotatable bonds is 8. The van der Waals surface area contributed by atoms with Crippen molar-refractivity contribution < 1.29 is 4.79 Å². The first-order chi connectivity index (χ1) is 7.75. The van der Waals surface area contributed by atoms with Crippen LogP contribution in [0.5, 0.6) is 0 Å². The Morgan fingerprint density at radius 2 is 1.94 bits per heavy atom. The van der Waals surface area contributed by atoms with Crippen LogP contribution in [0.25, 0.3) is 0 Å². The molecular weight excluding hydrogens is 218 g/mol. The lowest BCUT2D eigenvalue weighted by molar-refractivity contribution is 0.0982. The summed E-state index contributed by atoms with van der Waals surface area (Å²) in [7, 11) is 0. The second-order valence-electron chi connectivity index (χ2n) is 4.21. The average Bonchev–Trinajstić information content (AvgIpc) is 2.69. The summed E-state index contributed by atoms with van der Waals surface area (Å²) in [6.07, 6.45) is 8.08. The fraction of sp³-hybridized carbons (Fsp3) is 0.692. The highest BCUT2D eigenvalue weighted by atomic mass is 32.1. The van der Waals surface area contributed by atoms with Gasteiger partial charge < -0.3 is 0 Å². The van der Waals surface area contributed by atoms with Gasteiger partial charge in [0.2, 0.25) is 0 Å². The molecule has 0 atom stereocenters. The molecule has 0 spiro atoms. The van der Waals surface area contributed by atoms with Gasteiger partial charge in [0, 0.05) is 6.42 Å². The molecule has 90 valence electrons. The Labute approximate surface area is 102 Å². The van der Waals surface area contributed by atoms with E-state index in [1.807, 2.05) is 6.92 Å². The monoisotopic (exact) mass is 239 g/mol. The van der Waals surface area contributed by atoms with Crippen LogP contribution in [0.2, 0.25) is 0 Å². The van der Waals surface area contributed by atoms with Crippen molar-refractivity contribution in [2.45, 2.75) is 58.8 Å². The molecule has 3 heteroatoms. The number of aromatic nitrogens is 1. The van der Waals surface area contributed by atoms with Crippen LogP contribution in [0.1, 0.15) is 67.2 Å². The van der Waals surface area contributed by atoms with E-state index in [1.165, 1.54) is 43.4 Å². The summed E-state index contributed by atoms with van der Waals surface area (Å²) >= 11 is 1.47. The lowest BCUT2D eigenvalue weighted by atomic mass is 10.1. The van der Waals surface area contributed by atoms with Crippen molar-refractivity contribution in [3.05, 3.63) is 16.1 Å². The van der Waals surface area contributed by atoms with Gasteiger partial charge >= 0.3 is 0 Å². The number of ketones is 1. The van der Waals surface area contributed by atoms with Gasteiger partial charge in [-0.1, -0.05) is 39.0 Å². The first-order valence-electron chi connectivity index (χ1n) is 6.19. The molecule has 0 bridgehead atoms. The molecule has 1 aromatic rings. The van der Waals surface area contributed by atoms with Crippen LogP contribution in [0, 0.1) is 6.92 Å². The Hall–Kier alpha value is -0.700. The third-order valence-electron chi connectivity index (χ3n) is 2.76. The molecule has 16 heavy (non-hydrogen) atoms. The van der Waals surface area contributed by atoms with Crippen molar-refractivity contribution >= 4 is 17.1 Å². The highest BCUT2D eigenvalue weighted by Crippen LogP contribution is 2.16. The number of hydrogen-bond acceptors (Lipinski definition) is 3. The van der Waals surface area contributed by atoms with E-state index in [2.05, 4.69) is 11.9 Å². The highest BCUT2D eigenvalue weighted by Gasteiger charge is 2.10. The van der Waals surface area contributed by atoms with Crippen LogP contribution in [-0.2, 0) is 0 Å². The minimum absolute atomic E-state index is 0.274. The lowest BCUT2D eigenvalue weighted by Gasteiger charge is -2.00. The molecule has 0 aliphatic carbocycles. The zero-order chi connectivity index (χ0) is 11.8. The normalized spacial score (nSPS) is 10.6. The van der Waals surface area contributed by atoms with Crippen molar-refractivity contribution in [1.29, 1.82) is 0 Å². The van der Waals surface area contributed by atoms with Crippen LogP contribution < -0.4 is 0 Å². The fourth-order valence-electron chi connectivity index (χ4n) is 1.75. The molecular formula is C13H21NOS. The number of hydrogen-bond donors (Lipinski definition) is 0. The molecule has 0 saturated heterocycles. The molecule has 0 N–H and O–H groups in total. The van der Waals surface area contributed by atoms with Gasteiger partial charge in [0.1, 0.15) is 0 Å². The number of thiazole rings is 1. The number of Topliss-reactive ketones (excluding diaryl/α,β-unsaturated/α-hetero) is 1. The summed E-state index contributed by atoms with van der Waals surface area (Å²) in [4.78, 5) is 16.7. The standard InChI is InChI=1S/C13H21NOS/c1-3-4-5-6-7-8-9-12(15)13-11(2)14-10-16-13/h10H,3-9H2,1-2H3. The summed E-state index contributed by atoms with van der Waals surface area (Å²) in [5.74, 6) is 0.274. The van der Waals surface area contributed by atoms with Crippen molar-refractivity contribution in [2.75, 3.05) is 0 Å². The lowest BCUT2D eigenvalue weighted by Crippen LogP contribution is -1.98. The van der Waals surface area contributed by atoms with E-state index in [-0.39, 0.29) is 5.78 Å². The van der Waals surface area contributed by atoms with Crippen LogP contribution in [-0.4, -0.2) is 10.8 Å². The van der Waals surface area contributed by atoms with Gasteiger partial charge in [-0.25, -0.2) is 4.98 Å². The SMILES string of the molecule is CCCCCCCCC(=O)c1scnc1C. The summed E-state index contributed by atoms with van der Waals surface area (Å²) in [6, 6.07) is 0. The maximum atomic E-state index is 11.8. The average molecular weight is 239 g/mol. The molecule has 0 aliphatic heterocycles. The number of unbranched alkanes of at least 4 members (excludes halogenated alkanes) is 5. The minimum atomic E-state index is 0.274. The molecule has 1 aromatic heterocycles. The second kappa shape index (κ2) is 7.55. The van der Waals surface area contributed by atoms with Crippen molar-refractivity contribution in [1.82, 2.24) is 4.98 Å². The maximum absolute atomic E-state index is 11.8. The molecule has 0 saturated carbocycles. The topological polar surface area (TPSA) is 30.0 Å². The van der Waals surface area contributed by atoms with Crippen molar-refractivity contribution in [3.63, 3.8) is 0 Å². The van der Waals surface area contributed by atoms with E-state index < -0.39 is 0 Å². The van der Waals surface area contributed by atoms with E-state index in [1.54, 1.807) is 5.51 Å². The van der Waals surface area contributed by atoms with Crippen molar-refractivity contribution in [2.24, 2.45) is 0 Å². The molecule has 0 aliphatic rings. The molecule has 0 aromatic carbocycles. The zero-order valence-electron chi connectivity index (χ0n) is 10.3. The summed E-state index contributed by atoms with van der Waals surface area (Å²) in [5.41, 5.74) is 2.64. The minimum Gasteiger partial charge on any atom is -0.293 e. The van der Waals surface area contributed by atoms with Gasteiger partial charge in [-0.3, -0.25) is 4.79 Å². The largest absolute Gasteiger partial charge is 0.293 e. The summed E-state index contributed by atoms with van der Waals surface area (Å²) in [6.45, 7) is 4.13. The maximum Gasteiger partial charge on any atom is 0.174 e. The van der Waals surface area contributed by atoms with E-state index >= 15 is 0 Å². The predicted octanol–water partition coefficient (Wildman–Crippen LogP) is 4.38. The first kappa shape index (κ1) is 13.4. The van der Waals surface area contributed by atoms with Crippen LogP contribution in [0.4, 0.5) is 0 Å². The molecule has 0 unspecified atom stereocenters. The molecule has 0 fully saturated rings. The van der Waals surface area contributed by atoms with Gasteiger partial charge in [-0.05, 0) is 13.3 Å². The molecule has 1 heterocycles. The van der Waals surface area contributed by atoms with Crippen LogP contribution in [0.15, 0.2) is 5.51 Å². The van der Waals surface area contributed by atoms with Gasteiger partial charge in [0.15, 0.2) is 5.78 Å². The first-order valence-corrected chi connectivity index (χ1v) is 7.07. The molecule has 1 rings (SSSR count). The Bertz CT molecular complexity index is 319. The molecule has 0 amide bonds. The third kappa shape index (κ3) is 4.44. The summed E-state index contributed by atoms with van der Waals surface area (Å²) < 4.78 is 0. The molecule has 0 radical (unpaired) electrons. The Morgan fingerprint density at radius 3 is 2.56 bits per heavy atom.